The second-order valence-corrected chi connectivity index (χ2v) is 7.68. The van der Waals surface area contributed by atoms with Gasteiger partial charge < -0.3 is 14.8 Å². The summed E-state index contributed by atoms with van der Waals surface area (Å²) in [5.41, 5.74) is 3.48. The smallest absolute Gasteiger partial charge is 0.227 e. The molecule has 5 heteroatoms. The van der Waals surface area contributed by atoms with Crippen molar-refractivity contribution in [3.05, 3.63) is 59.2 Å². The zero-order valence-corrected chi connectivity index (χ0v) is 16.4. The molecule has 0 aliphatic carbocycles. The number of amides is 1. The van der Waals surface area contributed by atoms with Crippen molar-refractivity contribution in [3.8, 4) is 11.5 Å². The Morgan fingerprint density at radius 2 is 1.96 bits per heavy atom. The Labute approximate surface area is 166 Å². The SMILES string of the molecule is COc1cccc2c1OC[C@@H](C(=O)NCc1cccc(CN3CCCC3)c1)C2. The number of carbonyl (C=O) groups is 1. The molecule has 2 aliphatic heterocycles. The van der Waals surface area contributed by atoms with Gasteiger partial charge in [0.05, 0.1) is 13.0 Å². The van der Waals surface area contributed by atoms with Gasteiger partial charge in [-0.25, -0.2) is 0 Å². The number of ether oxygens (including phenoxy) is 2. The maximum Gasteiger partial charge on any atom is 0.227 e. The first-order valence-electron chi connectivity index (χ1n) is 10.1. The summed E-state index contributed by atoms with van der Waals surface area (Å²) in [5, 5.41) is 3.09. The van der Waals surface area contributed by atoms with Gasteiger partial charge in [0.1, 0.15) is 6.61 Å². The van der Waals surface area contributed by atoms with Crippen molar-refractivity contribution < 1.29 is 14.3 Å². The molecule has 2 aromatic carbocycles. The molecule has 0 unspecified atom stereocenters. The summed E-state index contributed by atoms with van der Waals surface area (Å²) >= 11 is 0. The molecule has 148 valence electrons. The van der Waals surface area contributed by atoms with Gasteiger partial charge in [-0.2, -0.15) is 0 Å². The zero-order chi connectivity index (χ0) is 19.3. The van der Waals surface area contributed by atoms with Crippen LogP contribution in [0.5, 0.6) is 11.5 Å². The van der Waals surface area contributed by atoms with E-state index in [1.165, 1.54) is 31.5 Å². The topological polar surface area (TPSA) is 50.8 Å². The molecule has 0 aromatic heterocycles. The van der Waals surface area contributed by atoms with Gasteiger partial charge in [0.15, 0.2) is 11.5 Å². The van der Waals surface area contributed by atoms with Crippen LogP contribution < -0.4 is 14.8 Å². The molecular formula is C23H28N2O3. The second-order valence-electron chi connectivity index (χ2n) is 7.68. The van der Waals surface area contributed by atoms with Gasteiger partial charge in [0, 0.05) is 13.1 Å². The monoisotopic (exact) mass is 380 g/mol. The van der Waals surface area contributed by atoms with Crippen LogP contribution in [-0.2, 0) is 24.3 Å². The standard InChI is InChI=1S/C23H28N2O3/c1-27-21-9-5-8-19-13-20(16-28-22(19)21)23(26)24-14-17-6-4-7-18(12-17)15-25-10-2-3-11-25/h4-9,12,20H,2-3,10-11,13-16H2,1H3,(H,24,26)/t20-/m0/s1. The minimum atomic E-state index is -0.174. The summed E-state index contributed by atoms with van der Waals surface area (Å²) in [6, 6.07) is 14.4. The van der Waals surface area contributed by atoms with Crippen molar-refractivity contribution >= 4 is 5.91 Å². The third kappa shape index (κ3) is 4.30. The lowest BCUT2D eigenvalue weighted by molar-refractivity contribution is -0.126. The molecule has 0 saturated carbocycles. The predicted octanol–water partition coefficient (Wildman–Crippen LogP) is 3.16. The molecule has 2 aromatic rings. The molecule has 4 rings (SSSR count). The maximum absolute atomic E-state index is 12.7. The Bertz CT molecular complexity index is 830. The number of methoxy groups -OCH3 is 1. The van der Waals surface area contributed by atoms with Gasteiger partial charge in [-0.3, -0.25) is 9.69 Å². The normalized spacial score (nSPS) is 19.0. The van der Waals surface area contributed by atoms with Crippen LogP contribution in [0, 0.1) is 5.92 Å². The third-order valence-corrected chi connectivity index (χ3v) is 5.61. The molecular weight excluding hydrogens is 352 g/mol. The zero-order valence-electron chi connectivity index (χ0n) is 16.4. The fourth-order valence-corrected chi connectivity index (χ4v) is 4.09. The molecule has 1 N–H and O–H groups in total. The Balaban J connectivity index is 1.33. The van der Waals surface area contributed by atoms with Crippen molar-refractivity contribution in [3.63, 3.8) is 0 Å². The number of nitrogens with zero attached hydrogens (tertiary/aromatic N) is 1. The number of benzene rings is 2. The van der Waals surface area contributed by atoms with Crippen LogP contribution >= 0.6 is 0 Å². The molecule has 0 bridgehead atoms. The Morgan fingerprint density at radius 1 is 1.18 bits per heavy atom. The van der Waals surface area contributed by atoms with Gasteiger partial charge in [-0.15, -0.1) is 0 Å². The van der Waals surface area contributed by atoms with Gasteiger partial charge >= 0.3 is 0 Å². The van der Waals surface area contributed by atoms with E-state index in [2.05, 4.69) is 34.5 Å². The van der Waals surface area contributed by atoms with E-state index in [-0.39, 0.29) is 11.8 Å². The van der Waals surface area contributed by atoms with E-state index in [0.29, 0.717) is 19.6 Å². The summed E-state index contributed by atoms with van der Waals surface area (Å²) in [4.78, 5) is 15.2. The van der Waals surface area contributed by atoms with Crippen LogP contribution in [0.25, 0.3) is 0 Å². The number of likely N-dealkylation sites (tertiary alicyclic amines) is 1. The van der Waals surface area contributed by atoms with Crippen LogP contribution in [0.15, 0.2) is 42.5 Å². The summed E-state index contributed by atoms with van der Waals surface area (Å²) in [6.07, 6.45) is 3.27. The lowest BCUT2D eigenvalue weighted by Crippen LogP contribution is -2.37. The fraction of sp³-hybridized carbons (Fsp3) is 0.435. The summed E-state index contributed by atoms with van der Waals surface area (Å²) < 4.78 is 11.2. The number of para-hydroxylation sites is 1. The molecule has 2 heterocycles. The molecule has 1 atom stereocenters. The molecule has 0 spiro atoms. The van der Waals surface area contributed by atoms with Crippen LogP contribution in [0.1, 0.15) is 29.5 Å². The van der Waals surface area contributed by atoms with Crippen molar-refractivity contribution in [1.82, 2.24) is 10.2 Å². The Kier molecular flexibility index (Phi) is 5.81. The predicted molar refractivity (Wildman–Crippen MR) is 108 cm³/mol. The number of fused-ring (bicyclic) bond motifs is 1. The number of nitrogens with one attached hydrogen (secondary N) is 1. The van der Waals surface area contributed by atoms with Crippen molar-refractivity contribution in [2.45, 2.75) is 32.4 Å². The largest absolute Gasteiger partial charge is 0.493 e. The third-order valence-electron chi connectivity index (χ3n) is 5.61. The van der Waals surface area contributed by atoms with Gasteiger partial charge in [-0.1, -0.05) is 36.4 Å². The molecule has 5 nitrogen and oxygen atoms in total. The van der Waals surface area contributed by atoms with E-state index < -0.39 is 0 Å². The molecule has 28 heavy (non-hydrogen) atoms. The summed E-state index contributed by atoms with van der Waals surface area (Å²) in [5.74, 6) is 1.36. The second kappa shape index (κ2) is 8.65. The molecule has 0 radical (unpaired) electrons. The van der Waals surface area contributed by atoms with Gasteiger partial charge in [0.2, 0.25) is 5.91 Å². The number of carbonyl (C=O) groups excluding carboxylic acids is 1. The molecule has 1 fully saturated rings. The minimum Gasteiger partial charge on any atom is -0.493 e. The molecule has 2 aliphatic rings. The van der Waals surface area contributed by atoms with Crippen molar-refractivity contribution in [1.29, 1.82) is 0 Å². The average Bonchev–Trinajstić information content (AvgIpc) is 3.24. The van der Waals surface area contributed by atoms with Gasteiger partial charge in [-0.05, 0) is 55.1 Å². The van der Waals surface area contributed by atoms with E-state index in [0.717, 1.165) is 29.2 Å². The Morgan fingerprint density at radius 3 is 2.79 bits per heavy atom. The molecule has 1 saturated heterocycles. The summed E-state index contributed by atoms with van der Waals surface area (Å²) in [6.45, 7) is 4.31. The van der Waals surface area contributed by atoms with Gasteiger partial charge in [0.25, 0.3) is 0 Å². The highest BCUT2D eigenvalue weighted by Gasteiger charge is 2.27. The Hall–Kier alpha value is -2.53. The highest BCUT2D eigenvalue weighted by Crippen LogP contribution is 2.36. The lowest BCUT2D eigenvalue weighted by atomic mass is 9.95. The first kappa shape index (κ1) is 18.8. The van der Waals surface area contributed by atoms with Crippen LogP contribution in [0.4, 0.5) is 0 Å². The average molecular weight is 380 g/mol. The minimum absolute atomic E-state index is 0.0402. The van der Waals surface area contributed by atoms with E-state index >= 15 is 0 Å². The van der Waals surface area contributed by atoms with E-state index in [1.54, 1.807) is 7.11 Å². The first-order chi connectivity index (χ1) is 13.7. The number of hydrogen-bond acceptors (Lipinski definition) is 4. The maximum atomic E-state index is 12.7. The van der Waals surface area contributed by atoms with E-state index in [4.69, 9.17) is 9.47 Å². The van der Waals surface area contributed by atoms with Crippen molar-refractivity contribution in [2.75, 3.05) is 26.8 Å². The highest BCUT2D eigenvalue weighted by atomic mass is 16.5. The summed E-state index contributed by atoms with van der Waals surface area (Å²) in [7, 11) is 1.63. The fourth-order valence-electron chi connectivity index (χ4n) is 4.09. The van der Waals surface area contributed by atoms with Crippen LogP contribution in [0.2, 0.25) is 0 Å². The highest BCUT2D eigenvalue weighted by molar-refractivity contribution is 5.79. The quantitative estimate of drug-likeness (QED) is 0.836. The van der Waals surface area contributed by atoms with E-state index in [1.807, 2.05) is 18.2 Å². The first-order valence-corrected chi connectivity index (χ1v) is 10.1. The molecule has 1 amide bonds. The number of rotatable bonds is 6. The van der Waals surface area contributed by atoms with Crippen LogP contribution in [-0.4, -0.2) is 37.6 Å². The van der Waals surface area contributed by atoms with Crippen LogP contribution in [0.3, 0.4) is 0 Å². The number of hydrogen-bond donors (Lipinski definition) is 1. The van der Waals surface area contributed by atoms with E-state index in [9.17, 15) is 4.79 Å². The lowest BCUT2D eigenvalue weighted by Gasteiger charge is -2.25. The van der Waals surface area contributed by atoms with Crippen molar-refractivity contribution in [2.24, 2.45) is 5.92 Å².